The minimum Gasteiger partial charge on any atom is -0.393 e. The van der Waals surface area contributed by atoms with Crippen LogP contribution >= 0.6 is 0 Å². The first kappa shape index (κ1) is 19.2. The molecule has 1 aliphatic rings. The third kappa shape index (κ3) is 5.76. The molecule has 3 nitrogen and oxygen atoms in total. The summed E-state index contributed by atoms with van der Waals surface area (Å²) < 4.78 is 45.1. The summed E-state index contributed by atoms with van der Waals surface area (Å²) in [5.41, 5.74) is 1.08. The molecule has 1 N–H and O–H groups in total. The molecule has 0 spiro atoms. The summed E-state index contributed by atoms with van der Waals surface area (Å²) in [5, 5.41) is 9.73. The van der Waals surface area contributed by atoms with Crippen molar-refractivity contribution >= 4 is 0 Å². The molecule has 136 valence electrons. The van der Waals surface area contributed by atoms with Gasteiger partial charge in [-0.2, -0.15) is 13.2 Å². The van der Waals surface area contributed by atoms with Crippen LogP contribution in [0.25, 0.3) is 0 Å². The molecule has 0 radical (unpaired) electrons. The Hall–Kier alpha value is -1.11. The van der Waals surface area contributed by atoms with Gasteiger partial charge in [0.25, 0.3) is 0 Å². The van der Waals surface area contributed by atoms with Gasteiger partial charge in [0.2, 0.25) is 0 Å². The van der Waals surface area contributed by atoms with Crippen LogP contribution in [0.5, 0.6) is 0 Å². The van der Waals surface area contributed by atoms with E-state index in [2.05, 4.69) is 0 Å². The average molecular weight is 345 g/mol. The Morgan fingerprint density at radius 3 is 2.58 bits per heavy atom. The van der Waals surface area contributed by atoms with E-state index < -0.39 is 24.2 Å². The first-order valence-electron chi connectivity index (χ1n) is 8.44. The predicted molar refractivity (Wildman–Crippen MR) is 86.5 cm³/mol. The number of ether oxygens (including phenoxy) is 1. The lowest BCUT2D eigenvalue weighted by molar-refractivity contribution is -0.203. The molecule has 0 saturated heterocycles. The van der Waals surface area contributed by atoms with E-state index in [1.807, 2.05) is 30.3 Å². The molecule has 2 rings (SSSR count). The Labute approximate surface area is 141 Å². The Balaban J connectivity index is 1.74. The SMILES string of the molecule is CN(CCCOCc1ccccc1)C1CC(O)CCC1C(F)(F)F. The van der Waals surface area contributed by atoms with Gasteiger partial charge >= 0.3 is 6.18 Å². The molecule has 1 aromatic rings. The maximum Gasteiger partial charge on any atom is 0.393 e. The van der Waals surface area contributed by atoms with Crippen molar-refractivity contribution in [2.75, 3.05) is 20.2 Å². The van der Waals surface area contributed by atoms with Crippen molar-refractivity contribution in [3.63, 3.8) is 0 Å². The van der Waals surface area contributed by atoms with E-state index in [1.54, 1.807) is 11.9 Å². The molecule has 0 amide bonds. The molecule has 0 heterocycles. The van der Waals surface area contributed by atoms with Gasteiger partial charge in [-0.05, 0) is 38.3 Å². The third-order valence-electron chi connectivity index (χ3n) is 4.69. The van der Waals surface area contributed by atoms with Gasteiger partial charge in [0.15, 0.2) is 0 Å². The van der Waals surface area contributed by atoms with Crippen molar-refractivity contribution in [1.29, 1.82) is 0 Å². The molecule has 1 aliphatic carbocycles. The fourth-order valence-corrected chi connectivity index (χ4v) is 3.34. The normalized spacial score (nSPS) is 25.2. The second-order valence-electron chi connectivity index (χ2n) is 6.55. The van der Waals surface area contributed by atoms with E-state index in [4.69, 9.17) is 4.74 Å². The van der Waals surface area contributed by atoms with Gasteiger partial charge in [-0.25, -0.2) is 0 Å². The van der Waals surface area contributed by atoms with Crippen LogP contribution in [0.4, 0.5) is 13.2 Å². The number of alkyl halides is 3. The van der Waals surface area contributed by atoms with Crippen molar-refractivity contribution in [2.45, 2.75) is 50.6 Å². The Morgan fingerprint density at radius 1 is 1.21 bits per heavy atom. The molecule has 6 heteroatoms. The fourth-order valence-electron chi connectivity index (χ4n) is 3.34. The highest BCUT2D eigenvalue weighted by atomic mass is 19.4. The monoisotopic (exact) mass is 345 g/mol. The summed E-state index contributed by atoms with van der Waals surface area (Å²) in [6.45, 7) is 1.54. The molecule has 3 atom stereocenters. The van der Waals surface area contributed by atoms with Crippen LogP contribution < -0.4 is 0 Å². The summed E-state index contributed by atoms with van der Waals surface area (Å²) in [7, 11) is 1.71. The first-order chi connectivity index (χ1) is 11.4. The molecule has 24 heavy (non-hydrogen) atoms. The smallest absolute Gasteiger partial charge is 0.393 e. The lowest BCUT2D eigenvalue weighted by Gasteiger charge is -2.40. The maximum atomic E-state index is 13.2. The molecule has 0 aliphatic heterocycles. The number of rotatable bonds is 7. The Bertz CT molecular complexity index is 481. The standard InChI is InChI=1S/C18H26F3NO2/c1-22(10-5-11-24-13-14-6-3-2-4-7-14)17-12-15(23)8-9-16(17)18(19,20)21/h2-4,6-7,15-17,23H,5,8-13H2,1H3. The van der Waals surface area contributed by atoms with Crippen molar-refractivity contribution in [3.05, 3.63) is 35.9 Å². The molecule has 1 fully saturated rings. The van der Waals surface area contributed by atoms with E-state index in [-0.39, 0.29) is 19.3 Å². The van der Waals surface area contributed by atoms with Crippen LogP contribution in [0.1, 0.15) is 31.2 Å². The van der Waals surface area contributed by atoms with Crippen molar-refractivity contribution in [2.24, 2.45) is 5.92 Å². The van der Waals surface area contributed by atoms with Gasteiger partial charge in [-0.15, -0.1) is 0 Å². The lowest BCUT2D eigenvalue weighted by atomic mass is 9.81. The molecule has 0 aromatic heterocycles. The number of hydrogen-bond acceptors (Lipinski definition) is 3. The van der Waals surface area contributed by atoms with Crippen LogP contribution in [0.3, 0.4) is 0 Å². The van der Waals surface area contributed by atoms with Gasteiger partial charge in [0, 0.05) is 19.2 Å². The molecule has 3 unspecified atom stereocenters. The van der Waals surface area contributed by atoms with Gasteiger partial charge in [0.1, 0.15) is 0 Å². The first-order valence-corrected chi connectivity index (χ1v) is 8.44. The minimum absolute atomic E-state index is 0.00415. The number of benzene rings is 1. The van der Waals surface area contributed by atoms with Gasteiger partial charge < -0.3 is 14.7 Å². The Kier molecular flexibility index (Phi) is 7.07. The van der Waals surface area contributed by atoms with E-state index >= 15 is 0 Å². The van der Waals surface area contributed by atoms with Crippen LogP contribution in [-0.2, 0) is 11.3 Å². The highest BCUT2D eigenvalue weighted by Gasteiger charge is 2.48. The fraction of sp³-hybridized carbons (Fsp3) is 0.667. The summed E-state index contributed by atoms with van der Waals surface area (Å²) in [4.78, 5) is 1.73. The van der Waals surface area contributed by atoms with Crippen LogP contribution in [0, 0.1) is 5.92 Å². The van der Waals surface area contributed by atoms with Crippen molar-refractivity contribution in [3.8, 4) is 0 Å². The molecule has 1 saturated carbocycles. The summed E-state index contributed by atoms with van der Waals surface area (Å²) >= 11 is 0. The Morgan fingerprint density at radius 2 is 1.92 bits per heavy atom. The highest BCUT2D eigenvalue weighted by molar-refractivity contribution is 5.13. The van der Waals surface area contributed by atoms with Gasteiger partial charge in [-0.1, -0.05) is 30.3 Å². The lowest BCUT2D eigenvalue weighted by Crippen LogP contribution is -2.49. The second kappa shape index (κ2) is 8.83. The quantitative estimate of drug-likeness (QED) is 0.766. The van der Waals surface area contributed by atoms with Crippen LogP contribution in [0.2, 0.25) is 0 Å². The van der Waals surface area contributed by atoms with E-state index in [9.17, 15) is 18.3 Å². The summed E-state index contributed by atoms with van der Waals surface area (Å²) in [5.74, 6) is -1.35. The predicted octanol–water partition coefficient (Wildman–Crippen LogP) is 3.62. The van der Waals surface area contributed by atoms with Gasteiger partial charge in [-0.3, -0.25) is 0 Å². The van der Waals surface area contributed by atoms with E-state index in [1.165, 1.54) is 0 Å². The second-order valence-corrected chi connectivity index (χ2v) is 6.55. The zero-order valence-corrected chi connectivity index (χ0v) is 14.0. The molecule has 0 bridgehead atoms. The van der Waals surface area contributed by atoms with Gasteiger partial charge in [0.05, 0.1) is 18.6 Å². The molecular weight excluding hydrogens is 319 g/mol. The van der Waals surface area contributed by atoms with Crippen molar-refractivity contribution in [1.82, 2.24) is 4.90 Å². The number of aliphatic hydroxyl groups is 1. The number of hydrogen-bond donors (Lipinski definition) is 1. The highest BCUT2D eigenvalue weighted by Crippen LogP contribution is 2.39. The zero-order chi connectivity index (χ0) is 17.6. The minimum atomic E-state index is -4.21. The largest absolute Gasteiger partial charge is 0.393 e. The number of halogens is 3. The summed E-state index contributed by atoms with van der Waals surface area (Å²) in [6.07, 6.45) is -3.75. The average Bonchev–Trinajstić information content (AvgIpc) is 2.54. The third-order valence-corrected chi connectivity index (χ3v) is 4.69. The van der Waals surface area contributed by atoms with Crippen LogP contribution in [-0.4, -0.2) is 48.5 Å². The maximum absolute atomic E-state index is 13.2. The molecular formula is C18H26F3NO2. The summed E-state index contributed by atoms with van der Waals surface area (Å²) in [6, 6.07) is 9.13. The number of aliphatic hydroxyl groups excluding tert-OH is 1. The van der Waals surface area contributed by atoms with E-state index in [0.717, 1.165) is 5.56 Å². The van der Waals surface area contributed by atoms with Crippen LogP contribution in [0.15, 0.2) is 30.3 Å². The number of nitrogens with zero attached hydrogens (tertiary/aromatic N) is 1. The van der Waals surface area contributed by atoms with Crippen molar-refractivity contribution < 1.29 is 23.0 Å². The molecule has 1 aromatic carbocycles. The van der Waals surface area contributed by atoms with E-state index in [0.29, 0.717) is 26.2 Å². The zero-order valence-electron chi connectivity index (χ0n) is 14.0. The topological polar surface area (TPSA) is 32.7 Å².